The molecule has 1 aromatic rings. The van der Waals surface area contributed by atoms with Crippen LogP contribution in [0.15, 0.2) is 4.52 Å². The standard InChI is InChI=1S/C4H6N2OS2/c1-9-2-3-5-4(8)7-6-3/h2H2,1H3,(H,5,6,8). The summed E-state index contributed by atoms with van der Waals surface area (Å²) < 4.78 is 4.68. The van der Waals surface area contributed by atoms with Gasteiger partial charge in [-0.2, -0.15) is 16.7 Å². The minimum absolute atomic E-state index is 0.277. The molecule has 0 aliphatic rings. The van der Waals surface area contributed by atoms with Crippen LogP contribution in [-0.2, 0) is 5.75 Å². The molecule has 9 heavy (non-hydrogen) atoms. The van der Waals surface area contributed by atoms with Gasteiger partial charge in [0.2, 0.25) is 0 Å². The maximum atomic E-state index is 4.68. The van der Waals surface area contributed by atoms with Crippen molar-refractivity contribution < 1.29 is 4.52 Å². The molecule has 0 saturated heterocycles. The summed E-state index contributed by atoms with van der Waals surface area (Å²) in [5.74, 6) is 1.62. The number of H-pyrrole nitrogens is 1. The van der Waals surface area contributed by atoms with Gasteiger partial charge in [-0.25, -0.2) is 5.16 Å². The molecule has 0 aliphatic heterocycles. The lowest BCUT2D eigenvalue weighted by atomic mass is 10.7. The van der Waals surface area contributed by atoms with Crippen molar-refractivity contribution in [2.45, 2.75) is 5.75 Å². The zero-order valence-electron chi connectivity index (χ0n) is 4.88. The summed E-state index contributed by atoms with van der Waals surface area (Å²) in [5, 5.41) is 2.60. The number of aromatic nitrogens is 2. The van der Waals surface area contributed by atoms with Crippen LogP contribution in [0.5, 0.6) is 0 Å². The smallest absolute Gasteiger partial charge is 0.314 e. The van der Waals surface area contributed by atoms with Crippen molar-refractivity contribution >= 4 is 24.0 Å². The Balaban J connectivity index is 2.73. The van der Waals surface area contributed by atoms with Gasteiger partial charge in [0.15, 0.2) is 5.82 Å². The molecule has 0 spiro atoms. The van der Waals surface area contributed by atoms with Crippen LogP contribution in [0.25, 0.3) is 0 Å². The molecule has 0 saturated carbocycles. The van der Waals surface area contributed by atoms with E-state index < -0.39 is 0 Å². The first-order valence-electron chi connectivity index (χ1n) is 2.36. The number of nitrogens with one attached hydrogen (secondary N) is 1. The predicted molar refractivity (Wildman–Crippen MR) is 38.9 cm³/mol. The Labute approximate surface area is 61.8 Å². The van der Waals surface area contributed by atoms with E-state index in [1.165, 1.54) is 0 Å². The summed E-state index contributed by atoms with van der Waals surface area (Å²) >= 11 is 6.30. The second-order valence-electron chi connectivity index (χ2n) is 1.46. The van der Waals surface area contributed by atoms with Crippen molar-refractivity contribution in [3.05, 3.63) is 10.7 Å². The lowest BCUT2D eigenvalue weighted by Crippen LogP contribution is -1.80. The van der Waals surface area contributed by atoms with E-state index in [1.807, 2.05) is 6.26 Å². The normalized spacial score (nSPS) is 9.89. The Kier molecular flexibility index (Phi) is 2.29. The molecule has 3 nitrogen and oxygen atoms in total. The van der Waals surface area contributed by atoms with Crippen LogP contribution in [0.4, 0.5) is 0 Å². The van der Waals surface area contributed by atoms with E-state index in [0.717, 1.165) is 11.6 Å². The molecule has 0 unspecified atom stereocenters. The van der Waals surface area contributed by atoms with Crippen LogP contribution < -0.4 is 0 Å². The summed E-state index contributed by atoms with van der Waals surface area (Å²) in [5.41, 5.74) is 0. The van der Waals surface area contributed by atoms with Crippen LogP contribution in [0.3, 0.4) is 0 Å². The van der Waals surface area contributed by atoms with Crippen LogP contribution in [0.2, 0.25) is 0 Å². The Morgan fingerprint density at radius 2 is 2.67 bits per heavy atom. The Morgan fingerprint density at radius 3 is 3.11 bits per heavy atom. The third-order valence-electron chi connectivity index (χ3n) is 0.763. The van der Waals surface area contributed by atoms with E-state index in [9.17, 15) is 0 Å². The van der Waals surface area contributed by atoms with Gasteiger partial charge in [0, 0.05) is 0 Å². The average molecular weight is 162 g/mol. The second-order valence-corrected chi connectivity index (χ2v) is 2.68. The van der Waals surface area contributed by atoms with Crippen molar-refractivity contribution in [1.82, 2.24) is 10.1 Å². The number of aromatic amines is 1. The molecule has 1 N–H and O–H groups in total. The van der Waals surface area contributed by atoms with Gasteiger partial charge in [-0.3, -0.25) is 0 Å². The molecule has 1 aromatic heterocycles. The summed E-state index contributed by atoms with van der Waals surface area (Å²) in [6.45, 7) is 0. The van der Waals surface area contributed by atoms with Gasteiger partial charge in [0.25, 0.3) is 0 Å². The third-order valence-corrected chi connectivity index (χ3v) is 1.50. The Morgan fingerprint density at radius 1 is 1.89 bits per heavy atom. The van der Waals surface area contributed by atoms with Crippen molar-refractivity contribution in [1.29, 1.82) is 0 Å². The van der Waals surface area contributed by atoms with Crippen LogP contribution in [0.1, 0.15) is 5.82 Å². The molecule has 0 radical (unpaired) electrons. The summed E-state index contributed by atoms with van der Waals surface area (Å²) in [6, 6.07) is 0. The molecule has 1 rings (SSSR count). The van der Waals surface area contributed by atoms with Gasteiger partial charge in [-0.05, 0) is 18.5 Å². The van der Waals surface area contributed by atoms with E-state index in [4.69, 9.17) is 0 Å². The first kappa shape index (κ1) is 6.82. The predicted octanol–water partition coefficient (Wildman–Crippen LogP) is 1.60. The van der Waals surface area contributed by atoms with E-state index in [1.54, 1.807) is 11.8 Å². The van der Waals surface area contributed by atoms with Crippen LogP contribution in [0, 0.1) is 4.84 Å². The number of rotatable bonds is 2. The lowest BCUT2D eigenvalue weighted by molar-refractivity contribution is 0.400. The third kappa shape index (κ3) is 1.83. The summed E-state index contributed by atoms with van der Waals surface area (Å²) in [7, 11) is 0. The summed E-state index contributed by atoms with van der Waals surface area (Å²) in [6.07, 6.45) is 1.99. The van der Waals surface area contributed by atoms with Gasteiger partial charge in [0.05, 0.1) is 5.75 Å². The fourth-order valence-corrected chi connectivity index (χ4v) is 1.01. The van der Waals surface area contributed by atoms with Gasteiger partial charge in [0.1, 0.15) is 0 Å². The molecule has 50 valence electrons. The zero-order chi connectivity index (χ0) is 6.69. The average Bonchev–Trinajstić information content (AvgIpc) is 2.17. The quantitative estimate of drug-likeness (QED) is 0.671. The van der Waals surface area contributed by atoms with E-state index in [-0.39, 0.29) is 4.84 Å². The van der Waals surface area contributed by atoms with E-state index in [2.05, 4.69) is 26.9 Å². The van der Waals surface area contributed by atoms with Crippen molar-refractivity contribution in [3.8, 4) is 0 Å². The monoisotopic (exact) mass is 162 g/mol. The molecule has 0 atom stereocenters. The zero-order valence-corrected chi connectivity index (χ0v) is 6.51. The fraction of sp³-hybridized carbons (Fsp3) is 0.500. The Bertz CT molecular complexity index is 228. The number of hydrogen-bond acceptors (Lipinski definition) is 4. The van der Waals surface area contributed by atoms with Gasteiger partial charge in [-0.15, -0.1) is 0 Å². The van der Waals surface area contributed by atoms with Crippen LogP contribution >= 0.6 is 24.0 Å². The number of thioether (sulfide) groups is 1. The largest absolute Gasteiger partial charge is 0.348 e. The van der Waals surface area contributed by atoms with Crippen molar-refractivity contribution in [2.75, 3.05) is 6.26 Å². The van der Waals surface area contributed by atoms with Crippen molar-refractivity contribution in [2.24, 2.45) is 0 Å². The first-order chi connectivity index (χ1) is 4.33. The molecule has 1 heterocycles. The highest BCUT2D eigenvalue weighted by atomic mass is 32.2. The minimum atomic E-state index is 0.277. The highest BCUT2D eigenvalue weighted by Crippen LogP contribution is 2.02. The number of nitrogens with zero attached hydrogens (tertiary/aromatic N) is 1. The number of hydrogen-bond donors (Lipinski definition) is 1. The Hall–Kier alpha value is -0.290. The molecule has 0 fully saturated rings. The second kappa shape index (κ2) is 3.03. The highest BCUT2D eigenvalue weighted by Gasteiger charge is 1.93. The van der Waals surface area contributed by atoms with Crippen LogP contribution in [-0.4, -0.2) is 16.4 Å². The minimum Gasteiger partial charge on any atom is -0.348 e. The maximum absolute atomic E-state index is 4.68. The van der Waals surface area contributed by atoms with Gasteiger partial charge < -0.3 is 4.52 Å². The SMILES string of the molecule is CSCc1nc(=S)o[nH]1. The van der Waals surface area contributed by atoms with Gasteiger partial charge in [-0.1, -0.05) is 0 Å². The molecule has 5 heteroatoms. The molecular formula is C4H6N2OS2. The summed E-state index contributed by atoms with van der Waals surface area (Å²) in [4.78, 5) is 4.15. The van der Waals surface area contributed by atoms with E-state index >= 15 is 0 Å². The maximum Gasteiger partial charge on any atom is 0.314 e. The topological polar surface area (TPSA) is 41.8 Å². The highest BCUT2D eigenvalue weighted by molar-refractivity contribution is 7.97. The fourth-order valence-electron chi connectivity index (χ4n) is 0.457. The molecule has 0 amide bonds. The molecule has 0 bridgehead atoms. The molecular weight excluding hydrogens is 156 g/mol. The van der Waals surface area contributed by atoms with E-state index in [0.29, 0.717) is 0 Å². The van der Waals surface area contributed by atoms with Gasteiger partial charge >= 0.3 is 4.84 Å². The molecule has 0 aromatic carbocycles. The molecule has 0 aliphatic carbocycles. The lowest BCUT2D eigenvalue weighted by Gasteiger charge is -1.83. The van der Waals surface area contributed by atoms with Crippen molar-refractivity contribution in [3.63, 3.8) is 0 Å². The first-order valence-corrected chi connectivity index (χ1v) is 4.16.